The largest absolute Gasteiger partial charge is 0.508 e. The molecule has 3 fully saturated rings. The summed E-state index contributed by atoms with van der Waals surface area (Å²) in [6.45, 7) is 5.74. The second-order valence-electron chi connectivity index (χ2n) is 8.94. The third-order valence-electron chi connectivity index (χ3n) is 7.03. The summed E-state index contributed by atoms with van der Waals surface area (Å²) in [6.07, 6.45) is 3.82. The van der Waals surface area contributed by atoms with Crippen LogP contribution in [0.25, 0.3) is 0 Å². The summed E-state index contributed by atoms with van der Waals surface area (Å²) in [7, 11) is 0. The Morgan fingerprint density at radius 3 is 2.66 bits per heavy atom. The lowest BCUT2D eigenvalue weighted by molar-refractivity contribution is 0.0397. The average molecular weight is 393 g/mol. The molecule has 0 spiro atoms. The number of hydrogen-bond acceptors (Lipinski definition) is 5. The van der Waals surface area contributed by atoms with Crippen molar-refractivity contribution in [2.45, 2.75) is 37.4 Å². The van der Waals surface area contributed by atoms with Crippen LogP contribution in [0, 0.1) is 5.92 Å². The second kappa shape index (κ2) is 8.44. The summed E-state index contributed by atoms with van der Waals surface area (Å²) < 4.78 is 0. The number of hydrazine groups is 1. The summed E-state index contributed by atoms with van der Waals surface area (Å²) in [4.78, 5) is 5.50. The van der Waals surface area contributed by atoms with Crippen LogP contribution in [0.2, 0.25) is 0 Å². The average Bonchev–Trinajstić information content (AvgIpc) is 3.39. The third-order valence-corrected chi connectivity index (χ3v) is 7.03. The fraction of sp³-hybridized carbons (Fsp3) is 0.500. The molecule has 3 N–H and O–H groups in total. The zero-order valence-electron chi connectivity index (χ0n) is 17.0. The molecule has 0 radical (unpaired) electrons. The Labute approximate surface area is 173 Å². The number of fused-ring (bicyclic) bond motifs is 1. The van der Waals surface area contributed by atoms with Crippen LogP contribution in [0.3, 0.4) is 0 Å². The van der Waals surface area contributed by atoms with E-state index in [4.69, 9.17) is 0 Å². The van der Waals surface area contributed by atoms with E-state index in [9.17, 15) is 5.11 Å². The van der Waals surface area contributed by atoms with Crippen molar-refractivity contribution in [2.75, 3.05) is 32.7 Å². The molecule has 154 valence electrons. The maximum Gasteiger partial charge on any atom is 0.115 e. The first kappa shape index (κ1) is 19.1. The molecular formula is C24H32N4O. The van der Waals surface area contributed by atoms with Gasteiger partial charge in [0.15, 0.2) is 0 Å². The van der Waals surface area contributed by atoms with Gasteiger partial charge in [0.2, 0.25) is 0 Å². The van der Waals surface area contributed by atoms with Gasteiger partial charge in [-0.05, 0) is 49.1 Å². The van der Waals surface area contributed by atoms with Gasteiger partial charge in [-0.25, -0.2) is 5.43 Å². The second-order valence-corrected chi connectivity index (χ2v) is 8.94. The Balaban J connectivity index is 1.33. The highest BCUT2D eigenvalue weighted by Gasteiger charge is 2.39. The normalized spacial score (nSPS) is 30.5. The van der Waals surface area contributed by atoms with Crippen molar-refractivity contribution in [1.82, 2.24) is 20.7 Å². The van der Waals surface area contributed by atoms with E-state index in [0.29, 0.717) is 17.7 Å². The SMILES string of the molecule is Oc1ccc(C2NNCC2CN2C[C@@H]3CCCN3C[C@@H]2Cc2ccccc2)cc1. The van der Waals surface area contributed by atoms with E-state index in [0.717, 1.165) is 25.6 Å². The van der Waals surface area contributed by atoms with E-state index >= 15 is 0 Å². The van der Waals surface area contributed by atoms with E-state index < -0.39 is 0 Å². The van der Waals surface area contributed by atoms with Crippen molar-refractivity contribution in [3.63, 3.8) is 0 Å². The predicted molar refractivity (Wildman–Crippen MR) is 116 cm³/mol. The molecule has 5 rings (SSSR count). The summed E-state index contributed by atoms with van der Waals surface area (Å²) >= 11 is 0. The Bertz CT molecular complexity index is 796. The lowest BCUT2D eigenvalue weighted by atomic mass is 9.92. The van der Waals surface area contributed by atoms with Crippen molar-refractivity contribution in [3.05, 3.63) is 65.7 Å². The number of benzene rings is 2. The Hall–Kier alpha value is -1.92. The van der Waals surface area contributed by atoms with Crippen LogP contribution in [0.1, 0.15) is 30.0 Å². The van der Waals surface area contributed by atoms with Crippen LogP contribution in [0.4, 0.5) is 0 Å². The highest BCUT2D eigenvalue weighted by Crippen LogP contribution is 2.31. The van der Waals surface area contributed by atoms with Crippen LogP contribution >= 0.6 is 0 Å². The van der Waals surface area contributed by atoms with Gasteiger partial charge >= 0.3 is 0 Å². The number of rotatable bonds is 5. The minimum atomic E-state index is 0.287. The van der Waals surface area contributed by atoms with Gasteiger partial charge < -0.3 is 5.11 Å². The first-order valence-electron chi connectivity index (χ1n) is 11.1. The van der Waals surface area contributed by atoms with Crippen LogP contribution in [0.5, 0.6) is 5.75 Å². The lowest BCUT2D eigenvalue weighted by Crippen LogP contribution is -2.58. The van der Waals surface area contributed by atoms with Gasteiger partial charge in [-0.15, -0.1) is 0 Å². The topological polar surface area (TPSA) is 50.8 Å². The number of aromatic hydroxyl groups is 1. The Morgan fingerprint density at radius 2 is 1.83 bits per heavy atom. The first-order chi connectivity index (χ1) is 14.3. The lowest BCUT2D eigenvalue weighted by Gasteiger charge is -2.45. The van der Waals surface area contributed by atoms with Crippen molar-refractivity contribution in [1.29, 1.82) is 0 Å². The molecule has 2 aromatic rings. The zero-order chi connectivity index (χ0) is 19.6. The van der Waals surface area contributed by atoms with E-state index in [2.05, 4.69) is 51.0 Å². The Morgan fingerprint density at radius 1 is 1.00 bits per heavy atom. The maximum absolute atomic E-state index is 9.64. The van der Waals surface area contributed by atoms with Crippen LogP contribution in [-0.2, 0) is 6.42 Å². The van der Waals surface area contributed by atoms with E-state index in [1.807, 2.05) is 12.1 Å². The number of phenolic OH excluding ortho intramolecular Hbond substituents is 1. The molecule has 0 bridgehead atoms. The molecule has 3 aliphatic heterocycles. The zero-order valence-corrected chi connectivity index (χ0v) is 17.0. The summed E-state index contributed by atoms with van der Waals surface area (Å²) in [5, 5.41) is 9.64. The van der Waals surface area contributed by atoms with E-state index in [-0.39, 0.29) is 6.04 Å². The number of nitrogens with zero attached hydrogens (tertiary/aromatic N) is 2. The van der Waals surface area contributed by atoms with Crippen LogP contribution in [0.15, 0.2) is 54.6 Å². The van der Waals surface area contributed by atoms with Gasteiger partial charge in [-0.1, -0.05) is 42.5 Å². The molecule has 0 saturated carbocycles. The highest BCUT2D eigenvalue weighted by atomic mass is 16.3. The summed E-state index contributed by atoms with van der Waals surface area (Å²) in [5.74, 6) is 0.849. The van der Waals surface area contributed by atoms with Crippen LogP contribution in [-0.4, -0.2) is 59.7 Å². The monoisotopic (exact) mass is 392 g/mol. The van der Waals surface area contributed by atoms with Crippen molar-refractivity contribution in [2.24, 2.45) is 5.92 Å². The quantitative estimate of drug-likeness (QED) is 0.730. The van der Waals surface area contributed by atoms with Crippen molar-refractivity contribution < 1.29 is 5.11 Å². The molecule has 2 unspecified atom stereocenters. The number of piperazine rings is 1. The van der Waals surface area contributed by atoms with Gasteiger partial charge in [0.25, 0.3) is 0 Å². The van der Waals surface area contributed by atoms with Crippen LogP contribution < -0.4 is 10.9 Å². The molecule has 3 aliphatic rings. The minimum absolute atomic E-state index is 0.287. The fourth-order valence-corrected chi connectivity index (χ4v) is 5.50. The predicted octanol–water partition coefficient (Wildman–Crippen LogP) is 2.55. The third kappa shape index (κ3) is 4.19. The molecule has 5 heteroatoms. The number of phenols is 1. The minimum Gasteiger partial charge on any atom is -0.508 e. The smallest absolute Gasteiger partial charge is 0.115 e. The van der Waals surface area contributed by atoms with Crippen molar-refractivity contribution in [3.8, 4) is 5.75 Å². The maximum atomic E-state index is 9.64. The van der Waals surface area contributed by atoms with Gasteiger partial charge in [-0.3, -0.25) is 15.2 Å². The molecule has 2 aromatic carbocycles. The highest BCUT2D eigenvalue weighted by molar-refractivity contribution is 5.29. The Kier molecular flexibility index (Phi) is 5.55. The molecule has 0 aromatic heterocycles. The van der Waals surface area contributed by atoms with E-state index in [1.54, 1.807) is 12.1 Å². The molecule has 5 nitrogen and oxygen atoms in total. The standard InChI is InChI=1S/C24H32N4O/c29-23-10-8-19(9-11-23)24-20(14-25-26-24)15-28-16-21-7-4-12-27(21)17-22(28)13-18-5-2-1-3-6-18/h1-3,5-6,8-11,20-22,24-26,29H,4,7,12-17H2/t20?,21-,22-,24?/m0/s1. The van der Waals surface area contributed by atoms with Gasteiger partial charge in [0, 0.05) is 44.2 Å². The van der Waals surface area contributed by atoms with Gasteiger partial charge in [0.05, 0.1) is 6.04 Å². The van der Waals surface area contributed by atoms with Crippen molar-refractivity contribution >= 4 is 0 Å². The number of hydrogen-bond donors (Lipinski definition) is 3. The number of nitrogens with one attached hydrogen (secondary N) is 2. The molecule has 0 amide bonds. The first-order valence-corrected chi connectivity index (χ1v) is 11.1. The molecule has 3 heterocycles. The molecule has 3 saturated heterocycles. The molecule has 4 atom stereocenters. The molecule has 0 aliphatic carbocycles. The molecular weight excluding hydrogens is 360 g/mol. The van der Waals surface area contributed by atoms with Gasteiger partial charge in [0.1, 0.15) is 5.75 Å². The molecule has 29 heavy (non-hydrogen) atoms. The van der Waals surface area contributed by atoms with Gasteiger partial charge in [-0.2, -0.15) is 0 Å². The summed E-state index contributed by atoms with van der Waals surface area (Å²) in [5.41, 5.74) is 9.55. The fourth-order valence-electron chi connectivity index (χ4n) is 5.50. The van der Waals surface area contributed by atoms with E-state index in [1.165, 1.54) is 43.6 Å². The summed E-state index contributed by atoms with van der Waals surface area (Å²) in [6, 6.07) is 20.2.